The van der Waals surface area contributed by atoms with Crippen LogP contribution in [0.15, 0.2) is 48.5 Å². The van der Waals surface area contributed by atoms with Gasteiger partial charge in [0.25, 0.3) is 0 Å². The zero-order chi connectivity index (χ0) is 27.0. The van der Waals surface area contributed by atoms with Crippen LogP contribution in [0.4, 0.5) is 0 Å². The number of rotatable bonds is 21. The highest BCUT2D eigenvalue weighted by atomic mass is 15.5. The van der Waals surface area contributed by atoms with Gasteiger partial charge < -0.3 is 0 Å². The predicted octanol–water partition coefficient (Wildman–Crippen LogP) is 8.35. The van der Waals surface area contributed by atoms with Crippen LogP contribution in [0.3, 0.4) is 0 Å². The Morgan fingerprint density at radius 2 is 0.897 bits per heavy atom. The maximum Gasteiger partial charge on any atom is 0.113 e. The highest BCUT2D eigenvalue weighted by molar-refractivity contribution is 5.74. The van der Waals surface area contributed by atoms with Gasteiger partial charge in [-0.05, 0) is 30.7 Å². The summed E-state index contributed by atoms with van der Waals surface area (Å²) in [7, 11) is 0. The molecular weight excluding hydrogens is 482 g/mol. The van der Waals surface area contributed by atoms with E-state index in [0.29, 0.717) is 13.3 Å². The van der Waals surface area contributed by atoms with E-state index in [1.807, 2.05) is 45.8 Å². The van der Waals surface area contributed by atoms with Crippen LogP contribution >= 0.6 is 0 Å². The van der Waals surface area contributed by atoms with E-state index in [1.54, 1.807) is 0 Å². The van der Waals surface area contributed by atoms with Gasteiger partial charge in [0.05, 0.1) is 24.4 Å². The molecule has 0 radical (unpaired) electrons. The van der Waals surface area contributed by atoms with Crippen LogP contribution in [0.2, 0.25) is 0 Å². The van der Waals surface area contributed by atoms with Gasteiger partial charge in [-0.2, -0.15) is 0 Å². The van der Waals surface area contributed by atoms with Crippen molar-refractivity contribution in [1.29, 1.82) is 0 Å². The third-order valence-corrected chi connectivity index (χ3v) is 7.84. The molecule has 2 heterocycles. The average Bonchev–Trinajstić information content (AvgIpc) is 3.57. The molecule has 0 aliphatic heterocycles. The van der Waals surface area contributed by atoms with Crippen LogP contribution in [0.5, 0.6) is 0 Å². The Kier molecular flexibility index (Phi) is 12.7. The fraction of sp³-hybridized carbons (Fsp3) is 0.625. The van der Waals surface area contributed by atoms with Crippen molar-refractivity contribution < 1.29 is 0 Å². The van der Waals surface area contributed by atoms with E-state index in [2.05, 4.69) is 44.6 Å². The van der Waals surface area contributed by atoms with E-state index >= 15 is 0 Å². The lowest BCUT2D eigenvalue weighted by Crippen LogP contribution is -2.31. The van der Waals surface area contributed by atoms with E-state index in [0.717, 1.165) is 28.6 Å². The zero-order valence-corrected chi connectivity index (χ0v) is 24.2. The lowest BCUT2D eigenvalue weighted by Gasteiger charge is -2.22. The van der Waals surface area contributed by atoms with Crippen LogP contribution < -0.4 is 0 Å². The first-order valence-electron chi connectivity index (χ1n) is 15.6. The molecule has 0 saturated heterocycles. The molecule has 2 aromatic carbocycles. The highest BCUT2D eigenvalue weighted by Gasteiger charge is 2.13. The first-order valence-corrected chi connectivity index (χ1v) is 15.6. The molecule has 0 fully saturated rings. The minimum absolute atomic E-state index is 0.688. The summed E-state index contributed by atoms with van der Waals surface area (Å²) in [6.45, 7) is 4.67. The number of fused-ring (bicyclic) bond motifs is 2. The molecule has 0 saturated carbocycles. The molecule has 7 heteroatoms. The molecular formula is C32H49N7. The number of benzene rings is 2. The molecule has 212 valence electrons. The molecule has 2 aromatic heterocycles. The van der Waals surface area contributed by atoms with Crippen molar-refractivity contribution in [2.24, 2.45) is 0 Å². The van der Waals surface area contributed by atoms with Gasteiger partial charge in [-0.15, -0.1) is 10.2 Å². The number of para-hydroxylation sites is 2. The van der Waals surface area contributed by atoms with E-state index in [-0.39, 0.29) is 0 Å². The summed E-state index contributed by atoms with van der Waals surface area (Å²) in [5.41, 5.74) is 4.01. The van der Waals surface area contributed by atoms with E-state index in [9.17, 15) is 0 Å². The first kappa shape index (κ1) is 29.2. The molecule has 0 amide bonds. The number of hydrogen-bond acceptors (Lipinski definition) is 5. The molecule has 0 spiro atoms. The summed E-state index contributed by atoms with van der Waals surface area (Å²) in [6, 6.07) is 16.3. The van der Waals surface area contributed by atoms with Crippen LogP contribution in [-0.2, 0) is 13.3 Å². The lowest BCUT2D eigenvalue weighted by atomic mass is 10.0. The predicted molar refractivity (Wildman–Crippen MR) is 161 cm³/mol. The summed E-state index contributed by atoms with van der Waals surface area (Å²) in [6.07, 6.45) is 22.2. The van der Waals surface area contributed by atoms with Gasteiger partial charge in [0.1, 0.15) is 11.0 Å². The second kappa shape index (κ2) is 17.0. The summed E-state index contributed by atoms with van der Waals surface area (Å²) in [4.78, 5) is 2.41. The van der Waals surface area contributed by atoms with Gasteiger partial charge in [-0.25, -0.2) is 9.36 Å². The third-order valence-electron chi connectivity index (χ3n) is 7.84. The van der Waals surface area contributed by atoms with E-state index in [1.165, 1.54) is 103 Å². The molecule has 4 aromatic rings. The Morgan fingerprint density at radius 3 is 1.33 bits per heavy atom. The summed E-state index contributed by atoms with van der Waals surface area (Å²) >= 11 is 0. The maximum absolute atomic E-state index is 4.43. The molecule has 0 bridgehead atoms. The smallest absolute Gasteiger partial charge is 0.113 e. The van der Waals surface area contributed by atoms with Crippen molar-refractivity contribution in [3.63, 3.8) is 0 Å². The Balaban J connectivity index is 1.13. The Morgan fingerprint density at radius 1 is 0.513 bits per heavy atom. The van der Waals surface area contributed by atoms with Crippen LogP contribution in [-0.4, -0.2) is 41.4 Å². The number of unbranched alkanes of at least 4 members (excludes halogenated alkanes) is 15. The normalized spacial score (nSPS) is 11.8. The minimum Gasteiger partial charge on any atom is -0.265 e. The van der Waals surface area contributed by atoms with Gasteiger partial charge in [0, 0.05) is 6.54 Å². The maximum atomic E-state index is 4.43. The third kappa shape index (κ3) is 9.71. The van der Waals surface area contributed by atoms with Crippen molar-refractivity contribution in [1.82, 2.24) is 34.9 Å². The average molecular weight is 532 g/mol. The second-order valence-corrected chi connectivity index (χ2v) is 11.1. The SMILES string of the molecule is CCCCCCCCCCCCCCCCCCN(Cn1nnc2ccccc21)Cn1nnc2ccccc21. The fourth-order valence-corrected chi connectivity index (χ4v) is 5.49. The quantitative estimate of drug-likeness (QED) is 0.101. The van der Waals surface area contributed by atoms with Crippen molar-refractivity contribution in [3.8, 4) is 0 Å². The number of hydrogen-bond donors (Lipinski definition) is 0. The second-order valence-electron chi connectivity index (χ2n) is 11.1. The highest BCUT2D eigenvalue weighted by Crippen LogP contribution is 2.16. The molecule has 7 nitrogen and oxygen atoms in total. The Bertz CT molecular complexity index is 1120. The monoisotopic (exact) mass is 531 g/mol. The lowest BCUT2D eigenvalue weighted by molar-refractivity contribution is 0.152. The Labute approximate surface area is 235 Å². The van der Waals surface area contributed by atoms with Crippen molar-refractivity contribution in [2.45, 2.75) is 123 Å². The summed E-state index contributed by atoms with van der Waals surface area (Å²) in [5, 5.41) is 17.6. The van der Waals surface area contributed by atoms with E-state index in [4.69, 9.17) is 0 Å². The molecule has 0 aliphatic carbocycles. The van der Waals surface area contributed by atoms with Crippen molar-refractivity contribution in [2.75, 3.05) is 6.54 Å². The number of aromatic nitrogens is 6. The molecule has 39 heavy (non-hydrogen) atoms. The molecule has 0 atom stereocenters. The zero-order valence-electron chi connectivity index (χ0n) is 24.2. The summed E-state index contributed by atoms with van der Waals surface area (Å²) < 4.78 is 4.00. The van der Waals surface area contributed by atoms with Gasteiger partial charge in [-0.1, -0.05) is 138 Å². The standard InChI is InChI=1S/C32H49N7/c1-2-3-4-5-6-7-8-9-10-11-12-13-14-15-16-21-26-37(27-38-31-24-19-17-22-29(31)33-35-38)28-39-32-25-20-18-23-30(32)34-36-39/h17-20,22-25H,2-16,21,26-28H2,1H3. The van der Waals surface area contributed by atoms with Gasteiger partial charge in [0.15, 0.2) is 0 Å². The topological polar surface area (TPSA) is 64.7 Å². The van der Waals surface area contributed by atoms with Crippen LogP contribution in [0.25, 0.3) is 22.1 Å². The molecule has 0 aliphatic rings. The molecule has 0 N–H and O–H groups in total. The van der Waals surface area contributed by atoms with E-state index < -0.39 is 0 Å². The fourth-order valence-electron chi connectivity index (χ4n) is 5.49. The first-order chi connectivity index (χ1) is 19.3. The van der Waals surface area contributed by atoms with Crippen LogP contribution in [0, 0.1) is 0 Å². The summed E-state index contributed by atoms with van der Waals surface area (Å²) in [5.74, 6) is 0. The van der Waals surface area contributed by atoms with Gasteiger partial charge >= 0.3 is 0 Å². The van der Waals surface area contributed by atoms with Crippen molar-refractivity contribution >= 4 is 22.1 Å². The minimum atomic E-state index is 0.688. The molecule has 0 unspecified atom stereocenters. The largest absolute Gasteiger partial charge is 0.265 e. The number of nitrogens with zero attached hydrogens (tertiary/aromatic N) is 7. The van der Waals surface area contributed by atoms with Gasteiger partial charge in [-0.3, -0.25) is 4.90 Å². The van der Waals surface area contributed by atoms with Crippen LogP contribution in [0.1, 0.15) is 110 Å². The Hall–Kier alpha value is -2.80. The van der Waals surface area contributed by atoms with Gasteiger partial charge in [0.2, 0.25) is 0 Å². The molecule has 4 rings (SSSR count). The van der Waals surface area contributed by atoms with Crippen molar-refractivity contribution in [3.05, 3.63) is 48.5 Å².